The Bertz CT molecular complexity index is 917. The summed E-state index contributed by atoms with van der Waals surface area (Å²) in [6, 6.07) is 13.4. The van der Waals surface area contributed by atoms with Crippen LogP contribution in [0.25, 0.3) is 11.4 Å². The summed E-state index contributed by atoms with van der Waals surface area (Å²) >= 11 is 4.46. The van der Waals surface area contributed by atoms with Gasteiger partial charge in [0.25, 0.3) is 0 Å². The van der Waals surface area contributed by atoms with E-state index in [9.17, 15) is 9.18 Å². The van der Waals surface area contributed by atoms with Gasteiger partial charge in [0.15, 0.2) is 5.82 Å². The molecule has 3 aromatic rings. The van der Waals surface area contributed by atoms with Crippen molar-refractivity contribution in [2.24, 2.45) is 0 Å². The molecule has 0 fully saturated rings. The minimum atomic E-state index is -0.439. The van der Waals surface area contributed by atoms with Crippen LogP contribution in [0, 0.1) is 5.82 Å². The highest BCUT2D eigenvalue weighted by atomic mass is 79.9. The van der Waals surface area contributed by atoms with E-state index in [1.807, 2.05) is 12.1 Å². The first kappa shape index (κ1) is 17.4. The van der Waals surface area contributed by atoms with E-state index in [1.165, 1.54) is 10.7 Å². The second-order valence-electron chi connectivity index (χ2n) is 5.00. The summed E-state index contributed by atoms with van der Waals surface area (Å²) in [7, 11) is 0. The number of hydrogen-bond donors (Lipinski definition) is 2. The van der Waals surface area contributed by atoms with Crippen LogP contribution >= 0.6 is 27.7 Å². The normalized spacial score (nSPS) is 10.6. The van der Waals surface area contributed by atoms with E-state index in [-0.39, 0.29) is 23.0 Å². The molecule has 3 N–H and O–H groups in total. The Morgan fingerprint density at radius 3 is 2.80 bits per heavy atom. The summed E-state index contributed by atoms with van der Waals surface area (Å²) in [5.41, 5.74) is 0.934. The quantitative estimate of drug-likeness (QED) is 0.487. The first-order valence-corrected chi connectivity index (χ1v) is 8.96. The molecule has 0 atom stereocenters. The highest BCUT2D eigenvalue weighted by Gasteiger charge is 2.16. The number of nitrogens with two attached hydrogens (primary N) is 1. The third-order valence-corrected chi connectivity index (χ3v) is 4.66. The van der Waals surface area contributed by atoms with Gasteiger partial charge in [0.05, 0.1) is 11.3 Å². The number of hydrogen-bond acceptors (Lipinski definition) is 5. The summed E-state index contributed by atoms with van der Waals surface area (Å²) in [5.74, 6) is 5.58. The molecule has 0 radical (unpaired) electrons. The average molecular weight is 422 g/mol. The first-order valence-electron chi connectivity index (χ1n) is 7.18. The number of amides is 1. The monoisotopic (exact) mass is 421 g/mol. The summed E-state index contributed by atoms with van der Waals surface area (Å²) in [6.45, 7) is 0. The second-order valence-corrected chi connectivity index (χ2v) is 6.86. The Kier molecular flexibility index (Phi) is 5.34. The molecule has 0 aliphatic heterocycles. The number of nitrogens with zero attached hydrogens (tertiary/aromatic N) is 3. The molecule has 9 heteroatoms. The van der Waals surface area contributed by atoms with Crippen LogP contribution in [0.4, 0.5) is 10.1 Å². The van der Waals surface area contributed by atoms with E-state index in [4.69, 9.17) is 5.84 Å². The molecule has 1 heterocycles. The number of carbonyl (C=O) groups is 1. The molecule has 0 saturated heterocycles. The lowest BCUT2D eigenvalue weighted by Gasteiger charge is -2.06. The Balaban J connectivity index is 1.66. The lowest BCUT2D eigenvalue weighted by atomic mass is 10.2. The number of halogens is 2. The zero-order valence-corrected chi connectivity index (χ0v) is 15.2. The SMILES string of the molecule is Nn1c(SCC(=O)Nc2cccc(Br)c2)nnc1-c1ccccc1F. The van der Waals surface area contributed by atoms with Crippen molar-refractivity contribution in [3.05, 3.63) is 58.8 Å². The predicted molar refractivity (Wildman–Crippen MR) is 99.1 cm³/mol. The van der Waals surface area contributed by atoms with E-state index in [0.29, 0.717) is 10.8 Å². The number of rotatable bonds is 5. The molecule has 0 spiro atoms. The lowest BCUT2D eigenvalue weighted by molar-refractivity contribution is -0.113. The van der Waals surface area contributed by atoms with Crippen molar-refractivity contribution < 1.29 is 9.18 Å². The first-order chi connectivity index (χ1) is 12.0. The number of benzene rings is 2. The molecule has 0 unspecified atom stereocenters. The maximum atomic E-state index is 13.8. The van der Waals surface area contributed by atoms with Gasteiger partial charge in [-0.1, -0.05) is 45.9 Å². The molecule has 0 aliphatic rings. The van der Waals surface area contributed by atoms with E-state index < -0.39 is 5.82 Å². The maximum absolute atomic E-state index is 13.8. The fourth-order valence-electron chi connectivity index (χ4n) is 2.10. The average Bonchev–Trinajstić information content (AvgIpc) is 2.94. The number of aromatic nitrogens is 3. The number of thioether (sulfide) groups is 1. The van der Waals surface area contributed by atoms with E-state index in [0.717, 1.165) is 16.2 Å². The highest BCUT2D eigenvalue weighted by molar-refractivity contribution is 9.10. The van der Waals surface area contributed by atoms with Crippen molar-refractivity contribution >= 4 is 39.3 Å². The van der Waals surface area contributed by atoms with E-state index in [1.54, 1.807) is 30.3 Å². The Labute approximate surface area is 155 Å². The van der Waals surface area contributed by atoms with Crippen molar-refractivity contribution in [1.82, 2.24) is 14.9 Å². The molecule has 6 nitrogen and oxygen atoms in total. The van der Waals surface area contributed by atoms with Crippen LogP contribution < -0.4 is 11.2 Å². The summed E-state index contributed by atoms with van der Waals surface area (Å²) in [6.07, 6.45) is 0. The van der Waals surface area contributed by atoms with Crippen molar-refractivity contribution in [3.63, 3.8) is 0 Å². The number of nitrogen functional groups attached to an aromatic ring is 1. The molecule has 1 aromatic heterocycles. The molecule has 0 bridgehead atoms. The molecule has 128 valence electrons. The van der Waals surface area contributed by atoms with Crippen LogP contribution in [0.5, 0.6) is 0 Å². The number of anilines is 1. The predicted octanol–water partition coefficient (Wildman–Crippen LogP) is 3.29. The molecule has 3 rings (SSSR count). The lowest BCUT2D eigenvalue weighted by Crippen LogP contribution is -2.16. The molecule has 25 heavy (non-hydrogen) atoms. The van der Waals surface area contributed by atoms with Gasteiger partial charge in [-0.2, -0.15) is 0 Å². The second kappa shape index (κ2) is 7.66. The van der Waals surface area contributed by atoms with Crippen LogP contribution in [-0.2, 0) is 4.79 Å². The number of nitrogens with one attached hydrogen (secondary N) is 1. The van der Waals surface area contributed by atoms with Gasteiger partial charge in [-0.3, -0.25) is 4.79 Å². The van der Waals surface area contributed by atoms with Crippen molar-refractivity contribution in [2.75, 3.05) is 16.9 Å². The largest absolute Gasteiger partial charge is 0.335 e. The van der Waals surface area contributed by atoms with Gasteiger partial charge < -0.3 is 11.2 Å². The van der Waals surface area contributed by atoms with Crippen molar-refractivity contribution in [3.8, 4) is 11.4 Å². The third-order valence-electron chi connectivity index (χ3n) is 3.22. The van der Waals surface area contributed by atoms with Gasteiger partial charge in [-0.25, -0.2) is 9.07 Å². The summed E-state index contributed by atoms with van der Waals surface area (Å²) < 4.78 is 15.9. The van der Waals surface area contributed by atoms with Gasteiger partial charge >= 0.3 is 0 Å². The zero-order valence-electron chi connectivity index (χ0n) is 12.8. The number of carbonyl (C=O) groups excluding carboxylic acids is 1. The van der Waals surface area contributed by atoms with Gasteiger partial charge in [0, 0.05) is 10.2 Å². The Hall–Kier alpha value is -2.39. The van der Waals surface area contributed by atoms with E-state index >= 15 is 0 Å². The molecular weight excluding hydrogens is 409 g/mol. The Morgan fingerprint density at radius 2 is 2.04 bits per heavy atom. The molecular formula is C16H13BrFN5OS. The van der Waals surface area contributed by atoms with Crippen LogP contribution in [0.15, 0.2) is 58.2 Å². The van der Waals surface area contributed by atoms with Gasteiger partial charge in [-0.05, 0) is 30.3 Å². The van der Waals surface area contributed by atoms with Gasteiger partial charge in [0.2, 0.25) is 11.1 Å². The van der Waals surface area contributed by atoms with Crippen molar-refractivity contribution in [2.45, 2.75) is 5.16 Å². The zero-order chi connectivity index (χ0) is 17.8. The maximum Gasteiger partial charge on any atom is 0.234 e. The van der Waals surface area contributed by atoms with Crippen LogP contribution in [-0.4, -0.2) is 26.5 Å². The summed E-state index contributed by atoms with van der Waals surface area (Å²) in [4.78, 5) is 12.0. The van der Waals surface area contributed by atoms with E-state index in [2.05, 4.69) is 31.4 Å². The minimum absolute atomic E-state index is 0.0963. The molecule has 1 amide bonds. The third kappa shape index (κ3) is 4.18. The van der Waals surface area contributed by atoms with Crippen LogP contribution in [0.2, 0.25) is 0 Å². The van der Waals surface area contributed by atoms with Crippen LogP contribution in [0.1, 0.15) is 0 Å². The molecule has 2 aromatic carbocycles. The van der Waals surface area contributed by atoms with Gasteiger partial charge in [-0.15, -0.1) is 10.2 Å². The molecule has 0 saturated carbocycles. The summed E-state index contributed by atoms with van der Waals surface area (Å²) in [5, 5.41) is 10.9. The highest BCUT2D eigenvalue weighted by Crippen LogP contribution is 2.24. The van der Waals surface area contributed by atoms with Crippen molar-refractivity contribution in [1.29, 1.82) is 0 Å². The standard InChI is InChI=1S/C16H13BrFN5OS/c17-10-4-3-5-11(8-10)20-14(24)9-25-16-22-21-15(23(16)19)12-6-1-2-7-13(12)18/h1-8H,9,19H2,(H,20,24). The fraction of sp³-hybridized carbons (Fsp3) is 0.0625. The minimum Gasteiger partial charge on any atom is -0.335 e. The van der Waals surface area contributed by atoms with Gasteiger partial charge in [0.1, 0.15) is 5.82 Å². The smallest absolute Gasteiger partial charge is 0.234 e. The van der Waals surface area contributed by atoms with Crippen LogP contribution in [0.3, 0.4) is 0 Å². The molecule has 0 aliphatic carbocycles. The fourth-order valence-corrected chi connectivity index (χ4v) is 3.15. The Morgan fingerprint density at radius 1 is 1.24 bits per heavy atom. The topological polar surface area (TPSA) is 85.8 Å².